The number of aliphatic imine (C=N–C) groups is 1. The van der Waals surface area contributed by atoms with Crippen molar-refractivity contribution in [3.63, 3.8) is 0 Å². The van der Waals surface area contributed by atoms with E-state index in [-0.39, 0.29) is 6.04 Å². The van der Waals surface area contributed by atoms with Crippen molar-refractivity contribution in [1.29, 1.82) is 0 Å². The molecule has 7 aromatic rings. The molecular weight excluding hydrogens is 531 g/mol. The molecule has 3 nitrogen and oxygen atoms in total. The maximum Gasteiger partial charge on any atom is 0.102 e. The van der Waals surface area contributed by atoms with E-state index in [0.717, 1.165) is 55.1 Å². The first-order valence-corrected chi connectivity index (χ1v) is 14.5. The summed E-state index contributed by atoms with van der Waals surface area (Å²) in [5, 5.41) is 2.38. The number of fused-ring (bicyclic) bond motifs is 3. The largest absolute Gasteiger partial charge is 0.398 e. The van der Waals surface area contributed by atoms with Crippen molar-refractivity contribution in [3.8, 4) is 16.8 Å². The molecule has 6 aromatic carbocycles. The van der Waals surface area contributed by atoms with Crippen LogP contribution in [0.25, 0.3) is 38.6 Å². The van der Waals surface area contributed by atoms with E-state index < -0.39 is 0 Å². The lowest BCUT2D eigenvalue weighted by molar-refractivity contribution is 0.881. The Morgan fingerprint density at radius 1 is 0.643 bits per heavy atom. The Kier molecular flexibility index (Phi) is 6.82. The van der Waals surface area contributed by atoms with Gasteiger partial charge in [0.25, 0.3) is 0 Å². The fraction of sp³-hybridized carbons (Fsp3) is 0.0263. The molecule has 1 atom stereocenters. The number of anilines is 1. The minimum atomic E-state index is -0.202. The van der Waals surface area contributed by atoms with Gasteiger partial charge in [-0.15, -0.1) is 12.6 Å². The smallest absolute Gasteiger partial charge is 0.102 e. The van der Waals surface area contributed by atoms with E-state index in [4.69, 9.17) is 23.4 Å². The summed E-state index contributed by atoms with van der Waals surface area (Å²) in [4.78, 5) is 6.05. The number of rotatable bonds is 6. The van der Waals surface area contributed by atoms with Crippen LogP contribution in [0, 0.1) is 0 Å². The van der Waals surface area contributed by atoms with Gasteiger partial charge in [-0.1, -0.05) is 109 Å². The van der Waals surface area contributed by atoms with Crippen molar-refractivity contribution in [2.45, 2.75) is 10.9 Å². The fourth-order valence-electron chi connectivity index (χ4n) is 5.78. The quantitative estimate of drug-likeness (QED) is 0.119. The van der Waals surface area contributed by atoms with E-state index in [1.807, 2.05) is 48.7 Å². The minimum Gasteiger partial charge on any atom is -0.398 e. The van der Waals surface area contributed by atoms with E-state index >= 15 is 0 Å². The van der Waals surface area contributed by atoms with E-state index in [0.29, 0.717) is 0 Å². The minimum absolute atomic E-state index is 0.202. The molecule has 1 unspecified atom stereocenters. The number of nitrogen functional groups attached to an aromatic ring is 1. The van der Waals surface area contributed by atoms with Gasteiger partial charge in [-0.3, -0.25) is 4.99 Å². The van der Waals surface area contributed by atoms with Gasteiger partial charge in [-0.25, -0.2) is 0 Å². The Labute approximate surface area is 251 Å². The van der Waals surface area contributed by atoms with Crippen LogP contribution in [0.1, 0.15) is 22.7 Å². The van der Waals surface area contributed by atoms with Crippen LogP contribution in [0.3, 0.4) is 0 Å². The maximum atomic E-state index is 6.40. The normalized spacial score (nSPS) is 12.3. The van der Waals surface area contributed by atoms with Gasteiger partial charge in [0.2, 0.25) is 0 Å². The molecule has 0 aliphatic heterocycles. The van der Waals surface area contributed by atoms with Gasteiger partial charge in [-0.2, -0.15) is 0 Å². The second-order valence-electron chi connectivity index (χ2n) is 10.4. The van der Waals surface area contributed by atoms with Crippen molar-refractivity contribution in [1.82, 2.24) is 4.57 Å². The summed E-state index contributed by atoms with van der Waals surface area (Å²) in [5.41, 5.74) is 15.9. The average Bonchev–Trinajstić information content (AvgIpc) is 3.36. The van der Waals surface area contributed by atoms with Crippen molar-refractivity contribution in [2.24, 2.45) is 4.99 Å². The van der Waals surface area contributed by atoms with E-state index in [1.165, 1.54) is 10.8 Å². The Morgan fingerprint density at radius 2 is 1.36 bits per heavy atom. The van der Waals surface area contributed by atoms with Crippen molar-refractivity contribution >= 4 is 46.3 Å². The summed E-state index contributed by atoms with van der Waals surface area (Å²) < 4.78 is 2.34. The number of para-hydroxylation sites is 2. The highest BCUT2D eigenvalue weighted by atomic mass is 32.1. The van der Waals surface area contributed by atoms with Gasteiger partial charge in [0.15, 0.2) is 0 Å². The molecule has 0 saturated carbocycles. The summed E-state index contributed by atoms with van der Waals surface area (Å²) >= 11 is 4.90. The third-order valence-electron chi connectivity index (χ3n) is 7.78. The first-order chi connectivity index (χ1) is 20.7. The number of aromatic nitrogens is 1. The lowest BCUT2D eigenvalue weighted by Gasteiger charge is -2.16. The Bertz CT molecular complexity index is 2060. The number of hydrogen-bond acceptors (Lipinski definition) is 3. The van der Waals surface area contributed by atoms with Gasteiger partial charge in [-0.05, 0) is 58.7 Å². The van der Waals surface area contributed by atoms with Crippen molar-refractivity contribution in [3.05, 3.63) is 162 Å². The summed E-state index contributed by atoms with van der Waals surface area (Å²) in [6.45, 7) is 0. The molecule has 202 valence electrons. The summed E-state index contributed by atoms with van der Waals surface area (Å²) in [6, 6.07) is 50.1. The third kappa shape index (κ3) is 4.76. The monoisotopic (exact) mass is 559 g/mol. The highest BCUT2D eigenvalue weighted by Gasteiger charge is 2.17. The van der Waals surface area contributed by atoms with Gasteiger partial charge in [0.1, 0.15) is 6.04 Å². The molecule has 1 aromatic heterocycles. The number of thiol groups is 1. The fourth-order valence-corrected chi connectivity index (χ4v) is 6.10. The van der Waals surface area contributed by atoms with Gasteiger partial charge >= 0.3 is 0 Å². The highest BCUT2D eigenvalue weighted by Crippen LogP contribution is 2.38. The van der Waals surface area contributed by atoms with E-state index in [9.17, 15) is 0 Å². The maximum absolute atomic E-state index is 6.40. The van der Waals surface area contributed by atoms with Gasteiger partial charge in [0.05, 0.1) is 11.0 Å². The SMILES string of the molecule is Nc1ccccc1C(N=Cc1cccc(-n2c3ccccc3c3cc(S)c(-c4ccccc4)cc32)c1)c1ccccc1. The van der Waals surface area contributed by atoms with Crippen LogP contribution >= 0.6 is 12.6 Å². The second-order valence-corrected chi connectivity index (χ2v) is 10.9. The molecule has 0 bridgehead atoms. The number of nitrogens with two attached hydrogens (primary N) is 1. The van der Waals surface area contributed by atoms with Crippen LogP contribution in [0.15, 0.2) is 155 Å². The predicted molar refractivity (Wildman–Crippen MR) is 180 cm³/mol. The van der Waals surface area contributed by atoms with Crippen molar-refractivity contribution < 1.29 is 0 Å². The molecule has 0 aliphatic carbocycles. The molecule has 2 N–H and O–H groups in total. The zero-order chi connectivity index (χ0) is 28.5. The molecule has 0 amide bonds. The Hall–Kier alpha value is -5.06. The molecule has 1 heterocycles. The third-order valence-corrected chi connectivity index (χ3v) is 8.15. The van der Waals surface area contributed by atoms with Gasteiger partial charge < -0.3 is 10.3 Å². The number of nitrogens with zero attached hydrogens (tertiary/aromatic N) is 2. The molecule has 7 rings (SSSR count). The zero-order valence-corrected chi connectivity index (χ0v) is 23.8. The topological polar surface area (TPSA) is 43.3 Å². The van der Waals surface area contributed by atoms with Gasteiger partial charge in [0, 0.05) is 38.8 Å². The summed E-state index contributed by atoms with van der Waals surface area (Å²) in [6.07, 6.45) is 1.96. The molecule has 4 heteroatoms. The molecule has 42 heavy (non-hydrogen) atoms. The molecule has 0 fully saturated rings. The first-order valence-electron chi connectivity index (χ1n) is 14.0. The van der Waals surface area contributed by atoms with E-state index in [1.54, 1.807) is 0 Å². The Balaban J connectivity index is 1.36. The molecule has 0 saturated heterocycles. The molecule has 0 aliphatic rings. The number of benzene rings is 6. The van der Waals surface area contributed by atoms with E-state index in [2.05, 4.69) is 108 Å². The van der Waals surface area contributed by atoms with Crippen LogP contribution in [0.4, 0.5) is 5.69 Å². The number of hydrogen-bond donors (Lipinski definition) is 2. The predicted octanol–water partition coefficient (Wildman–Crippen LogP) is 9.53. The Morgan fingerprint density at radius 3 is 2.17 bits per heavy atom. The zero-order valence-electron chi connectivity index (χ0n) is 22.9. The molecule has 0 radical (unpaired) electrons. The lowest BCUT2D eigenvalue weighted by atomic mass is 9.98. The molecular formula is C38H29N3S. The lowest BCUT2D eigenvalue weighted by Crippen LogP contribution is -2.03. The summed E-state index contributed by atoms with van der Waals surface area (Å²) in [7, 11) is 0. The van der Waals surface area contributed by atoms with Crippen LogP contribution in [-0.2, 0) is 0 Å². The first kappa shape index (κ1) is 25.9. The van der Waals surface area contributed by atoms with Crippen LogP contribution < -0.4 is 5.73 Å². The van der Waals surface area contributed by atoms with Crippen LogP contribution in [-0.4, -0.2) is 10.8 Å². The van der Waals surface area contributed by atoms with Crippen LogP contribution in [0.5, 0.6) is 0 Å². The van der Waals surface area contributed by atoms with Crippen molar-refractivity contribution in [2.75, 3.05) is 5.73 Å². The standard InChI is InChI=1S/C38H29N3S/c39-34-20-9-7-19-31(34)38(28-15-5-2-6-16-28)40-25-26-12-11-17-29(22-26)41-35-21-10-8-18-30(35)33-24-37(42)32(23-36(33)41)27-13-3-1-4-14-27/h1-25,38,42H,39H2. The highest BCUT2D eigenvalue weighted by molar-refractivity contribution is 7.80. The summed E-state index contributed by atoms with van der Waals surface area (Å²) in [5.74, 6) is 0. The van der Waals surface area contributed by atoms with Crippen LogP contribution in [0.2, 0.25) is 0 Å². The second kappa shape index (κ2) is 11.1. The molecule has 0 spiro atoms. The average molecular weight is 560 g/mol.